The molecule has 0 aromatic rings. The fourth-order valence-electron chi connectivity index (χ4n) is 0.387. The van der Waals surface area contributed by atoms with Gasteiger partial charge in [-0.2, -0.15) is 12.6 Å². The van der Waals surface area contributed by atoms with E-state index in [-0.39, 0.29) is 11.2 Å². The molecular weight excluding hydrogens is 164 g/mol. The first-order valence-electron chi connectivity index (χ1n) is 3.24. The van der Waals surface area contributed by atoms with Crippen molar-refractivity contribution in [2.24, 2.45) is 0 Å². The molecule has 1 atom stereocenters. The van der Waals surface area contributed by atoms with Crippen molar-refractivity contribution in [3.63, 3.8) is 0 Å². The van der Waals surface area contributed by atoms with Gasteiger partial charge in [-0.3, -0.25) is 4.79 Å². The Kier molecular flexibility index (Phi) is 3.45. The smallest absolute Gasteiger partial charge is 0.305 e. The fourth-order valence-corrected chi connectivity index (χ4v) is 1.32. The quantitative estimate of drug-likeness (QED) is 0.514. The van der Waals surface area contributed by atoms with Gasteiger partial charge in [0, 0.05) is 0 Å². The molecular formula is C6H14O2SSi. The monoisotopic (exact) mass is 178 g/mol. The minimum absolute atomic E-state index is 0.206. The lowest BCUT2D eigenvalue weighted by atomic mass is 10.5. The van der Waals surface area contributed by atoms with Crippen LogP contribution in [0.2, 0.25) is 19.6 Å². The molecule has 0 aromatic heterocycles. The van der Waals surface area contributed by atoms with Gasteiger partial charge in [-0.25, -0.2) is 0 Å². The third-order valence-electron chi connectivity index (χ3n) is 0.748. The molecule has 0 bridgehead atoms. The van der Waals surface area contributed by atoms with Crippen molar-refractivity contribution in [3.05, 3.63) is 0 Å². The first kappa shape index (κ1) is 10.0. The number of carbonyl (C=O) groups excluding carboxylic acids is 1. The van der Waals surface area contributed by atoms with E-state index in [0.717, 1.165) is 0 Å². The molecule has 0 saturated carbocycles. The molecule has 10 heavy (non-hydrogen) atoms. The molecule has 0 heterocycles. The van der Waals surface area contributed by atoms with Gasteiger partial charge < -0.3 is 4.43 Å². The standard InChI is InChI=1S/C6H14O2SSi/c1-5(9)6(7)8-10(2,3)4/h5,9H,1-4H3. The lowest BCUT2D eigenvalue weighted by Crippen LogP contribution is -2.32. The van der Waals surface area contributed by atoms with Gasteiger partial charge in [0.1, 0.15) is 0 Å². The van der Waals surface area contributed by atoms with Crippen molar-refractivity contribution in [3.8, 4) is 0 Å². The lowest BCUT2D eigenvalue weighted by Gasteiger charge is -2.18. The van der Waals surface area contributed by atoms with E-state index in [1.807, 2.05) is 19.6 Å². The van der Waals surface area contributed by atoms with Crippen molar-refractivity contribution < 1.29 is 9.22 Å². The predicted molar refractivity (Wildman–Crippen MR) is 47.9 cm³/mol. The highest BCUT2D eigenvalue weighted by Crippen LogP contribution is 2.06. The molecule has 0 radical (unpaired) electrons. The Morgan fingerprint density at radius 3 is 2.00 bits per heavy atom. The first-order chi connectivity index (χ1) is 4.33. The molecule has 0 fully saturated rings. The van der Waals surface area contributed by atoms with Crippen LogP contribution in [0, 0.1) is 0 Å². The molecule has 0 aliphatic rings. The Hall–Kier alpha value is 0.0369. The van der Waals surface area contributed by atoms with Crippen LogP contribution in [0.15, 0.2) is 0 Å². The molecule has 0 saturated heterocycles. The Morgan fingerprint density at radius 2 is 1.90 bits per heavy atom. The average Bonchev–Trinajstić information content (AvgIpc) is 1.60. The van der Waals surface area contributed by atoms with Gasteiger partial charge in [0.05, 0.1) is 5.25 Å². The van der Waals surface area contributed by atoms with Crippen LogP contribution in [0.25, 0.3) is 0 Å². The van der Waals surface area contributed by atoms with Crippen molar-refractivity contribution >= 4 is 26.9 Å². The maximum Gasteiger partial charge on any atom is 0.305 e. The van der Waals surface area contributed by atoms with Crippen molar-refractivity contribution in [2.75, 3.05) is 0 Å². The summed E-state index contributed by atoms with van der Waals surface area (Å²) in [5.41, 5.74) is 0. The summed E-state index contributed by atoms with van der Waals surface area (Å²) in [6.07, 6.45) is 0. The normalized spacial score (nSPS) is 14.5. The van der Waals surface area contributed by atoms with E-state index in [0.29, 0.717) is 0 Å². The Bertz CT molecular complexity index is 128. The minimum Gasteiger partial charge on any atom is -0.519 e. The van der Waals surface area contributed by atoms with E-state index in [2.05, 4.69) is 12.6 Å². The van der Waals surface area contributed by atoms with Gasteiger partial charge in [-0.1, -0.05) is 0 Å². The van der Waals surface area contributed by atoms with Gasteiger partial charge in [-0.15, -0.1) is 0 Å². The van der Waals surface area contributed by atoms with Gasteiger partial charge in [0.2, 0.25) is 8.32 Å². The van der Waals surface area contributed by atoms with Crippen LogP contribution < -0.4 is 0 Å². The van der Waals surface area contributed by atoms with Gasteiger partial charge in [0.25, 0.3) is 0 Å². The molecule has 0 amide bonds. The van der Waals surface area contributed by atoms with Crippen LogP contribution in [0.1, 0.15) is 6.92 Å². The van der Waals surface area contributed by atoms with Crippen molar-refractivity contribution in [1.29, 1.82) is 0 Å². The fraction of sp³-hybridized carbons (Fsp3) is 0.833. The molecule has 60 valence electrons. The molecule has 1 unspecified atom stereocenters. The van der Waals surface area contributed by atoms with E-state index in [9.17, 15) is 4.79 Å². The summed E-state index contributed by atoms with van der Waals surface area (Å²) < 4.78 is 5.12. The van der Waals surface area contributed by atoms with E-state index in [4.69, 9.17) is 4.43 Å². The zero-order valence-corrected chi connectivity index (χ0v) is 8.74. The molecule has 0 aromatic carbocycles. The Balaban J connectivity index is 3.81. The van der Waals surface area contributed by atoms with Crippen LogP contribution in [0.4, 0.5) is 0 Å². The lowest BCUT2D eigenvalue weighted by molar-refractivity contribution is -0.134. The second kappa shape index (κ2) is 3.43. The highest BCUT2D eigenvalue weighted by Gasteiger charge is 2.21. The summed E-state index contributed by atoms with van der Waals surface area (Å²) in [6.45, 7) is 7.63. The van der Waals surface area contributed by atoms with E-state index in [1.54, 1.807) is 6.92 Å². The third kappa shape index (κ3) is 4.87. The number of rotatable bonds is 2. The number of thiol groups is 1. The van der Waals surface area contributed by atoms with E-state index in [1.165, 1.54) is 0 Å². The van der Waals surface area contributed by atoms with Gasteiger partial charge in [-0.05, 0) is 26.6 Å². The van der Waals surface area contributed by atoms with Crippen LogP contribution in [0.5, 0.6) is 0 Å². The summed E-state index contributed by atoms with van der Waals surface area (Å²) in [7, 11) is -1.68. The summed E-state index contributed by atoms with van der Waals surface area (Å²) in [5, 5.41) is -0.299. The highest BCUT2D eigenvalue weighted by atomic mass is 32.1. The molecule has 2 nitrogen and oxygen atoms in total. The summed E-state index contributed by atoms with van der Waals surface area (Å²) in [6, 6.07) is 0. The van der Waals surface area contributed by atoms with Crippen molar-refractivity contribution in [2.45, 2.75) is 31.8 Å². The van der Waals surface area contributed by atoms with E-state index < -0.39 is 8.32 Å². The largest absolute Gasteiger partial charge is 0.519 e. The zero-order chi connectivity index (χ0) is 8.36. The summed E-state index contributed by atoms with van der Waals surface area (Å²) in [5.74, 6) is -0.206. The van der Waals surface area contributed by atoms with Gasteiger partial charge in [0.15, 0.2) is 0 Å². The second-order valence-corrected chi connectivity index (χ2v) is 8.41. The summed E-state index contributed by atoms with van der Waals surface area (Å²) >= 11 is 3.95. The van der Waals surface area contributed by atoms with Crippen LogP contribution >= 0.6 is 12.6 Å². The minimum atomic E-state index is -1.68. The zero-order valence-electron chi connectivity index (χ0n) is 6.84. The van der Waals surface area contributed by atoms with Crippen molar-refractivity contribution in [1.82, 2.24) is 0 Å². The first-order valence-corrected chi connectivity index (χ1v) is 7.16. The predicted octanol–water partition coefficient (Wildman–Crippen LogP) is 1.68. The third-order valence-corrected chi connectivity index (χ3v) is 1.77. The topological polar surface area (TPSA) is 26.3 Å². The summed E-state index contributed by atoms with van der Waals surface area (Å²) in [4.78, 5) is 10.9. The maximum atomic E-state index is 10.9. The molecule has 0 N–H and O–H groups in total. The van der Waals surface area contributed by atoms with Crippen LogP contribution in [-0.2, 0) is 9.22 Å². The maximum absolute atomic E-state index is 10.9. The van der Waals surface area contributed by atoms with Gasteiger partial charge >= 0.3 is 5.97 Å². The molecule has 0 aliphatic heterocycles. The Labute approximate surface area is 68.5 Å². The van der Waals surface area contributed by atoms with Crippen LogP contribution in [-0.4, -0.2) is 19.5 Å². The molecule has 0 rings (SSSR count). The molecule has 0 spiro atoms. The van der Waals surface area contributed by atoms with E-state index >= 15 is 0 Å². The number of hydrogen-bond acceptors (Lipinski definition) is 3. The number of carbonyl (C=O) groups is 1. The SMILES string of the molecule is CC(S)C(=O)O[Si](C)(C)C. The molecule has 4 heteroatoms. The highest BCUT2D eigenvalue weighted by molar-refractivity contribution is 7.81. The number of hydrogen-bond donors (Lipinski definition) is 1. The average molecular weight is 178 g/mol. The Morgan fingerprint density at radius 1 is 1.50 bits per heavy atom. The van der Waals surface area contributed by atoms with Crippen LogP contribution in [0.3, 0.4) is 0 Å². The molecule has 0 aliphatic carbocycles. The second-order valence-electron chi connectivity index (χ2n) is 3.21.